The summed E-state index contributed by atoms with van der Waals surface area (Å²) in [5.41, 5.74) is 7.11. The summed E-state index contributed by atoms with van der Waals surface area (Å²) in [6.07, 6.45) is 1.85. The van der Waals surface area contributed by atoms with E-state index in [1.54, 1.807) is 0 Å². The first-order chi connectivity index (χ1) is 7.77. The van der Waals surface area contributed by atoms with Crippen LogP contribution in [0.25, 0.3) is 11.8 Å². The lowest BCUT2D eigenvalue weighted by Gasteiger charge is -2.19. The number of carbonyl (C=O) groups is 1. The number of rotatable bonds is 1. The zero-order valence-electron chi connectivity index (χ0n) is 8.60. The van der Waals surface area contributed by atoms with E-state index in [-0.39, 0.29) is 5.92 Å². The molecule has 2 atom stereocenters. The Kier molecular flexibility index (Phi) is 1.97. The van der Waals surface area contributed by atoms with Gasteiger partial charge in [-0.25, -0.2) is 5.43 Å². The fourth-order valence-corrected chi connectivity index (χ4v) is 2.47. The number of fused-ring (bicyclic) bond motifs is 2. The Labute approximate surface area is 92.3 Å². The largest absolute Gasteiger partial charge is 0.481 e. The van der Waals surface area contributed by atoms with Crippen LogP contribution in [-0.4, -0.2) is 17.6 Å². The van der Waals surface area contributed by atoms with Gasteiger partial charge >= 0.3 is 5.97 Å². The van der Waals surface area contributed by atoms with E-state index in [0.717, 1.165) is 16.1 Å². The third-order valence-electron chi connectivity index (χ3n) is 3.24. The Morgan fingerprint density at radius 3 is 3.00 bits per heavy atom. The van der Waals surface area contributed by atoms with Gasteiger partial charge in [0.15, 0.2) is 0 Å². The third-order valence-corrected chi connectivity index (χ3v) is 3.24. The van der Waals surface area contributed by atoms with Crippen molar-refractivity contribution in [3.8, 4) is 0 Å². The predicted octanol–water partition coefficient (Wildman–Crippen LogP) is -0.986. The van der Waals surface area contributed by atoms with E-state index in [1.807, 2.05) is 30.3 Å². The molecular formula is C12H12N2O2. The van der Waals surface area contributed by atoms with E-state index >= 15 is 0 Å². The maximum absolute atomic E-state index is 11.2. The van der Waals surface area contributed by atoms with Crippen LogP contribution >= 0.6 is 0 Å². The summed E-state index contributed by atoms with van der Waals surface area (Å²) in [5.74, 6) is -1.18. The van der Waals surface area contributed by atoms with E-state index in [1.165, 1.54) is 0 Å². The lowest BCUT2D eigenvalue weighted by Crippen LogP contribution is -2.40. The monoisotopic (exact) mass is 216 g/mol. The quantitative estimate of drug-likeness (QED) is 0.564. The number of hydrogen-bond acceptors (Lipinski definition) is 3. The molecule has 0 radical (unpaired) electrons. The molecule has 82 valence electrons. The fraction of sp³-hybridized carbons (Fsp3) is 0.250. The van der Waals surface area contributed by atoms with Gasteiger partial charge < -0.3 is 10.5 Å². The molecule has 0 saturated carbocycles. The molecule has 0 aromatic heterocycles. The summed E-state index contributed by atoms with van der Waals surface area (Å²) in [4.78, 5) is 11.2. The highest BCUT2D eigenvalue weighted by Crippen LogP contribution is 2.24. The molecule has 0 spiro atoms. The Morgan fingerprint density at radius 1 is 1.38 bits per heavy atom. The smallest absolute Gasteiger partial charge is 0.311 e. The van der Waals surface area contributed by atoms with Gasteiger partial charge in [0.25, 0.3) is 0 Å². The number of carboxylic acid groups (broad SMARTS) is 1. The second kappa shape index (κ2) is 3.35. The lowest BCUT2D eigenvalue weighted by molar-refractivity contribution is -0.140. The minimum atomic E-state index is -0.762. The predicted molar refractivity (Wildman–Crippen MR) is 59.3 cm³/mol. The molecular weight excluding hydrogens is 204 g/mol. The van der Waals surface area contributed by atoms with Crippen LogP contribution in [0.4, 0.5) is 0 Å². The van der Waals surface area contributed by atoms with Crippen LogP contribution in [0.2, 0.25) is 0 Å². The lowest BCUT2D eigenvalue weighted by atomic mass is 9.85. The van der Waals surface area contributed by atoms with Crippen molar-refractivity contribution < 1.29 is 9.90 Å². The number of aliphatic carboxylic acids is 1. The first-order valence-electron chi connectivity index (χ1n) is 5.30. The second-order valence-electron chi connectivity index (χ2n) is 4.14. The first kappa shape index (κ1) is 9.42. The molecule has 2 unspecified atom stereocenters. The zero-order chi connectivity index (χ0) is 11.1. The van der Waals surface area contributed by atoms with Gasteiger partial charge in [0.2, 0.25) is 0 Å². The van der Waals surface area contributed by atoms with Gasteiger partial charge in [0.05, 0.1) is 5.92 Å². The van der Waals surface area contributed by atoms with Crippen LogP contribution in [0.1, 0.15) is 0 Å². The number of benzene rings is 1. The maximum atomic E-state index is 11.2. The highest BCUT2D eigenvalue weighted by atomic mass is 16.4. The van der Waals surface area contributed by atoms with Gasteiger partial charge in [-0.2, -0.15) is 0 Å². The Balaban J connectivity index is 2.30. The molecule has 3 N–H and O–H groups in total. The molecule has 1 aromatic carbocycles. The Morgan fingerprint density at radius 2 is 2.19 bits per heavy atom. The topological polar surface area (TPSA) is 61.4 Å². The highest BCUT2D eigenvalue weighted by Gasteiger charge is 2.34. The third kappa shape index (κ3) is 1.23. The van der Waals surface area contributed by atoms with Crippen molar-refractivity contribution in [2.75, 3.05) is 6.54 Å². The molecule has 1 aromatic rings. The van der Waals surface area contributed by atoms with Gasteiger partial charge in [-0.1, -0.05) is 30.3 Å². The molecule has 1 saturated heterocycles. The molecule has 0 bridgehead atoms. The first-order valence-corrected chi connectivity index (χ1v) is 5.30. The van der Waals surface area contributed by atoms with Crippen molar-refractivity contribution >= 4 is 17.7 Å². The minimum absolute atomic E-state index is 0.0207. The number of hydrazine groups is 1. The average molecular weight is 216 g/mol. The molecule has 1 aliphatic carbocycles. The van der Waals surface area contributed by atoms with Crippen molar-refractivity contribution in [3.05, 3.63) is 34.7 Å². The molecule has 0 amide bonds. The average Bonchev–Trinajstić information content (AvgIpc) is 2.76. The Hall–Kier alpha value is -1.81. The van der Waals surface area contributed by atoms with Crippen LogP contribution in [0.3, 0.4) is 0 Å². The summed E-state index contributed by atoms with van der Waals surface area (Å²) < 4.78 is 0. The second-order valence-corrected chi connectivity index (χ2v) is 4.14. The van der Waals surface area contributed by atoms with Crippen LogP contribution < -0.4 is 21.3 Å². The minimum Gasteiger partial charge on any atom is -0.481 e. The van der Waals surface area contributed by atoms with Gasteiger partial charge in [0, 0.05) is 23.4 Å². The molecule has 1 aliphatic heterocycles. The van der Waals surface area contributed by atoms with Crippen molar-refractivity contribution in [3.63, 3.8) is 0 Å². The molecule has 16 heavy (non-hydrogen) atoms. The van der Waals surface area contributed by atoms with E-state index in [0.29, 0.717) is 6.54 Å². The SMILES string of the molecule is O=C(O)C1C=c2ccccc2=C2NNCC21. The summed E-state index contributed by atoms with van der Waals surface area (Å²) in [6, 6.07) is 7.87. The molecule has 2 aliphatic rings. The van der Waals surface area contributed by atoms with E-state index in [4.69, 9.17) is 0 Å². The van der Waals surface area contributed by atoms with Gasteiger partial charge in [-0.15, -0.1) is 0 Å². The van der Waals surface area contributed by atoms with Crippen LogP contribution in [-0.2, 0) is 4.79 Å². The van der Waals surface area contributed by atoms with Crippen molar-refractivity contribution in [1.29, 1.82) is 0 Å². The Bertz CT molecular complexity index is 565. The molecule has 3 rings (SSSR count). The number of hydrogen-bond donors (Lipinski definition) is 3. The van der Waals surface area contributed by atoms with Crippen LogP contribution in [0, 0.1) is 11.8 Å². The molecule has 4 nitrogen and oxygen atoms in total. The van der Waals surface area contributed by atoms with Crippen molar-refractivity contribution in [1.82, 2.24) is 10.9 Å². The normalized spacial score (nSPS) is 26.4. The summed E-state index contributed by atoms with van der Waals surface area (Å²) in [6.45, 7) is 0.664. The zero-order valence-corrected chi connectivity index (χ0v) is 8.60. The molecule has 4 heteroatoms. The summed E-state index contributed by atoms with van der Waals surface area (Å²) in [5, 5.41) is 11.3. The van der Waals surface area contributed by atoms with Gasteiger partial charge in [-0.3, -0.25) is 4.79 Å². The maximum Gasteiger partial charge on any atom is 0.311 e. The van der Waals surface area contributed by atoms with Gasteiger partial charge in [0.1, 0.15) is 0 Å². The van der Waals surface area contributed by atoms with E-state index < -0.39 is 11.9 Å². The van der Waals surface area contributed by atoms with Crippen LogP contribution in [0.5, 0.6) is 0 Å². The van der Waals surface area contributed by atoms with Crippen molar-refractivity contribution in [2.24, 2.45) is 11.8 Å². The summed E-state index contributed by atoms with van der Waals surface area (Å²) in [7, 11) is 0. The molecule has 1 heterocycles. The van der Waals surface area contributed by atoms with E-state index in [2.05, 4.69) is 10.9 Å². The highest BCUT2D eigenvalue weighted by molar-refractivity contribution is 5.81. The van der Waals surface area contributed by atoms with Gasteiger partial charge in [-0.05, 0) is 5.22 Å². The summed E-state index contributed by atoms with van der Waals surface area (Å²) >= 11 is 0. The van der Waals surface area contributed by atoms with Crippen molar-refractivity contribution in [2.45, 2.75) is 0 Å². The van der Waals surface area contributed by atoms with E-state index in [9.17, 15) is 9.90 Å². The number of nitrogens with one attached hydrogen (secondary N) is 2. The molecule has 1 fully saturated rings. The standard InChI is InChI=1S/C12H12N2O2/c15-12(16)9-5-7-3-1-2-4-8(7)11-10(9)6-13-14-11/h1-5,9-10,13-14H,6H2,(H,15,16). The fourth-order valence-electron chi connectivity index (χ4n) is 2.47. The number of carboxylic acids is 1. The van der Waals surface area contributed by atoms with Crippen LogP contribution in [0.15, 0.2) is 24.3 Å².